The molecule has 70 valence electrons. The highest BCUT2D eigenvalue weighted by Crippen LogP contribution is 2.47. The van der Waals surface area contributed by atoms with Crippen molar-refractivity contribution in [2.75, 3.05) is 0 Å². The lowest BCUT2D eigenvalue weighted by Gasteiger charge is -2.35. The van der Waals surface area contributed by atoms with Crippen molar-refractivity contribution in [3.05, 3.63) is 12.2 Å². The van der Waals surface area contributed by atoms with Crippen molar-refractivity contribution in [2.24, 2.45) is 5.92 Å². The Morgan fingerprint density at radius 3 is 2.85 bits per heavy atom. The number of ether oxygens (including phenoxy) is 1. The number of nitriles is 1. The van der Waals surface area contributed by atoms with Crippen LogP contribution in [0.25, 0.3) is 0 Å². The van der Waals surface area contributed by atoms with E-state index in [4.69, 9.17) is 10.00 Å². The highest BCUT2D eigenvalue weighted by atomic mass is 16.5. The summed E-state index contributed by atoms with van der Waals surface area (Å²) in [6, 6.07) is 2.23. The van der Waals surface area contributed by atoms with Crippen molar-refractivity contribution >= 4 is 0 Å². The average molecular weight is 179 g/mol. The number of aliphatic hydroxyl groups is 1. The van der Waals surface area contributed by atoms with Crippen LogP contribution in [0.2, 0.25) is 0 Å². The number of hydrogen-bond acceptors (Lipinski definition) is 3. The molecule has 0 radical (unpaired) electrons. The molecule has 4 atom stereocenters. The summed E-state index contributed by atoms with van der Waals surface area (Å²) in [6.07, 6.45) is 3.56. The maximum absolute atomic E-state index is 9.66. The number of hydrogen-bond donors (Lipinski definition) is 1. The molecule has 1 fully saturated rings. The average Bonchev–Trinajstić information content (AvgIpc) is 2.30. The van der Waals surface area contributed by atoms with Gasteiger partial charge in [-0.25, -0.2) is 0 Å². The Kier molecular flexibility index (Phi) is 1.57. The molecule has 2 rings (SSSR count). The summed E-state index contributed by atoms with van der Waals surface area (Å²) < 4.78 is 5.73. The summed E-state index contributed by atoms with van der Waals surface area (Å²) in [5, 5.41) is 18.6. The molecule has 0 spiro atoms. The maximum atomic E-state index is 9.66. The third-order valence-electron chi connectivity index (χ3n) is 3.15. The van der Waals surface area contributed by atoms with Crippen molar-refractivity contribution in [3.8, 4) is 6.07 Å². The van der Waals surface area contributed by atoms with Crippen LogP contribution >= 0.6 is 0 Å². The first-order valence-corrected chi connectivity index (χ1v) is 4.47. The van der Waals surface area contributed by atoms with Gasteiger partial charge in [-0.2, -0.15) is 5.26 Å². The molecular formula is C10H13NO2. The molecule has 2 aliphatic rings. The van der Waals surface area contributed by atoms with Crippen LogP contribution in [0, 0.1) is 17.2 Å². The van der Waals surface area contributed by atoms with E-state index in [1.807, 2.05) is 13.8 Å². The van der Waals surface area contributed by atoms with Gasteiger partial charge in [0.25, 0.3) is 0 Å². The highest BCUT2D eigenvalue weighted by Gasteiger charge is 2.55. The second-order valence-electron chi connectivity index (χ2n) is 4.29. The third kappa shape index (κ3) is 1.03. The minimum absolute atomic E-state index is 0.147. The molecule has 3 heteroatoms. The summed E-state index contributed by atoms with van der Waals surface area (Å²) in [5.74, 6) is -0.147. The predicted octanol–water partition coefficient (Wildman–Crippen LogP) is 0.995. The van der Waals surface area contributed by atoms with Gasteiger partial charge in [-0.1, -0.05) is 12.2 Å². The molecule has 2 heterocycles. The standard InChI is InChI=1S/C10H13NO2/c1-9-4-3-8(12)10(2,13-9)5-7(9)6-11/h3-4,7-8,12H,5H2,1-2H3/t7?,8-,9-,10-/m0/s1. The summed E-state index contributed by atoms with van der Waals surface area (Å²) in [7, 11) is 0. The molecule has 0 amide bonds. The lowest BCUT2D eigenvalue weighted by molar-refractivity contribution is -0.122. The van der Waals surface area contributed by atoms with Crippen molar-refractivity contribution in [3.63, 3.8) is 0 Å². The molecule has 2 bridgehead atoms. The molecule has 0 aromatic heterocycles. The van der Waals surface area contributed by atoms with Crippen LogP contribution in [0.5, 0.6) is 0 Å². The van der Waals surface area contributed by atoms with E-state index in [9.17, 15) is 5.11 Å². The summed E-state index contributed by atoms with van der Waals surface area (Å²) >= 11 is 0. The maximum Gasteiger partial charge on any atom is 0.101 e. The molecule has 3 nitrogen and oxygen atoms in total. The molecule has 1 saturated heterocycles. The minimum atomic E-state index is -0.584. The fraction of sp³-hybridized carbons (Fsp3) is 0.700. The molecule has 0 saturated carbocycles. The van der Waals surface area contributed by atoms with Crippen LogP contribution < -0.4 is 0 Å². The van der Waals surface area contributed by atoms with Gasteiger partial charge >= 0.3 is 0 Å². The Labute approximate surface area is 77.6 Å². The van der Waals surface area contributed by atoms with Crippen LogP contribution in [-0.2, 0) is 4.74 Å². The van der Waals surface area contributed by atoms with Crippen LogP contribution in [0.3, 0.4) is 0 Å². The summed E-state index contributed by atoms with van der Waals surface area (Å²) in [6.45, 7) is 3.76. The van der Waals surface area contributed by atoms with E-state index >= 15 is 0 Å². The van der Waals surface area contributed by atoms with Crippen molar-refractivity contribution < 1.29 is 9.84 Å². The second kappa shape index (κ2) is 2.34. The molecule has 0 aromatic rings. The van der Waals surface area contributed by atoms with Gasteiger partial charge in [-0.15, -0.1) is 0 Å². The fourth-order valence-electron chi connectivity index (χ4n) is 2.21. The lowest BCUT2D eigenvalue weighted by atomic mass is 9.88. The normalized spacial score (nSPS) is 53.4. The Balaban J connectivity index is 2.42. The number of nitrogens with zero attached hydrogens (tertiary/aromatic N) is 1. The van der Waals surface area contributed by atoms with E-state index in [-0.39, 0.29) is 5.92 Å². The number of fused-ring (bicyclic) bond motifs is 2. The number of aliphatic hydroxyl groups excluding tert-OH is 1. The first kappa shape index (κ1) is 8.74. The fourth-order valence-corrected chi connectivity index (χ4v) is 2.21. The van der Waals surface area contributed by atoms with Gasteiger partial charge in [0.05, 0.1) is 17.6 Å². The second-order valence-corrected chi connectivity index (χ2v) is 4.29. The summed E-state index contributed by atoms with van der Waals surface area (Å²) in [5.41, 5.74) is -1.06. The Hall–Kier alpha value is -0.850. The Bertz CT molecular complexity index is 307. The van der Waals surface area contributed by atoms with E-state index in [0.29, 0.717) is 6.42 Å². The zero-order valence-corrected chi connectivity index (χ0v) is 7.82. The van der Waals surface area contributed by atoms with E-state index in [0.717, 1.165) is 0 Å². The topological polar surface area (TPSA) is 53.2 Å². The predicted molar refractivity (Wildman–Crippen MR) is 46.8 cm³/mol. The van der Waals surface area contributed by atoms with Gasteiger partial charge < -0.3 is 9.84 Å². The smallest absolute Gasteiger partial charge is 0.101 e. The summed E-state index contributed by atoms with van der Waals surface area (Å²) in [4.78, 5) is 0. The van der Waals surface area contributed by atoms with Crippen molar-refractivity contribution in [1.82, 2.24) is 0 Å². The monoisotopic (exact) mass is 179 g/mol. The molecule has 13 heavy (non-hydrogen) atoms. The van der Waals surface area contributed by atoms with Crippen LogP contribution in [0.4, 0.5) is 0 Å². The number of rotatable bonds is 0. The Morgan fingerprint density at radius 1 is 1.62 bits per heavy atom. The Morgan fingerprint density at radius 2 is 2.31 bits per heavy atom. The highest BCUT2D eigenvalue weighted by molar-refractivity contribution is 5.24. The first-order valence-electron chi connectivity index (χ1n) is 4.47. The van der Waals surface area contributed by atoms with Crippen molar-refractivity contribution in [1.29, 1.82) is 5.26 Å². The van der Waals surface area contributed by atoms with Gasteiger partial charge in [0, 0.05) is 0 Å². The molecule has 2 aliphatic heterocycles. The molecule has 1 N–H and O–H groups in total. The van der Waals surface area contributed by atoms with Crippen LogP contribution in [-0.4, -0.2) is 22.4 Å². The van der Waals surface area contributed by atoms with Crippen molar-refractivity contribution in [2.45, 2.75) is 37.6 Å². The van der Waals surface area contributed by atoms with E-state index < -0.39 is 17.3 Å². The first-order chi connectivity index (χ1) is 6.00. The molecule has 1 unspecified atom stereocenters. The molecule has 0 aliphatic carbocycles. The zero-order chi connectivity index (χ0) is 9.69. The van der Waals surface area contributed by atoms with Gasteiger partial charge in [0.1, 0.15) is 11.7 Å². The molecule has 0 aromatic carbocycles. The van der Waals surface area contributed by atoms with E-state index in [1.54, 1.807) is 12.2 Å². The SMILES string of the molecule is C[C@]12C=C[C@H](O)[C@](C)(CC1C#N)O2. The van der Waals surface area contributed by atoms with Crippen LogP contribution in [0.15, 0.2) is 12.2 Å². The minimum Gasteiger partial charge on any atom is -0.386 e. The van der Waals surface area contributed by atoms with Gasteiger partial charge in [-0.05, 0) is 20.3 Å². The van der Waals surface area contributed by atoms with Gasteiger partial charge in [0.2, 0.25) is 0 Å². The van der Waals surface area contributed by atoms with E-state index in [2.05, 4.69) is 6.07 Å². The quantitative estimate of drug-likeness (QED) is 0.564. The van der Waals surface area contributed by atoms with E-state index in [1.165, 1.54) is 0 Å². The van der Waals surface area contributed by atoms with Gasteiger partial charge in [0.15, 0.2) is 0 Å². The zero-order valence-electron chi connectivity index (χ0n) is 7.82. The molecular weight excluding hydrogens is 166 g/mol. The van der Waals surface area contributed by atoms with Crippen LogP contribution in [0.1, 0.15) is 20.3 Å². The third-order valence-corrected chi connectivity index (χ3v) is 3.15. The lowest BCUT2D eigenvalue weighted by Crippen LogP contribution is -2.43. The van der Waals surface area contributed by atoms with Gasteiger partial charge in [-0.3, -0.25) is 0 Å². The largest absolute Gasteiger partial charge is 0.386 e.